The highest BCUT2D eigenvalue weighted by Crippen LogP contribution is 2.53. The standard InChI is InChI=1S/C28H29NO2S4/c1-6-13-29-26(30)21-20-23(34-24(21)27(29)31)22(19(33)15-16(3)14-17(4)32)35-25(20)28(5,7-2)18-11-9-8-10-12-18/h6,8-12,14-16,32-33H,1,7,13H2,2-5H3/b17-14-,19-15-/t16-,28?/m1/s1. The predicted molar refractivity (Wildman–Crippen MR) is 157 cm³/mol. The Bertz CT molecular complexity index is 1370. The van der Waals surface area contributed by atoms with E-state index in [0.717, 1.165) is 36.1 Å². The Hall–Kier alpha value is -2.06. The number of hydrogen-bond acceptors (Lipinski definition) is 6. The van der Waals surface area contributed by atoms with Gasteiger partial charge in [0.1, 0.15) is 4.88 Å². The second kappa shape index (κ2) is 10.1. The molecule has 0 aliphatic carbocycles. The Labute approximate surface area is 226 Å². The predicted octanol–water partition coefficient (Wildman–Crippen LogP) is 8.20. The van der Waals surface area contributed by atoms with Crippen LogP contribution in [-0.4, -0.2) is 23.3 Å². The van der Waals surface area contributed by atoms with Gasteiger partial charge in [-0.25, -0.2) is 0 Å². The number of nitrogens with zero attached hydrogens (tertiary/aromatic N) is 1. The molecule has 1 aliphatic rings. The first-order valence-corrected chi connectivity index (χ1v) is 14.1. The minimum absolute atomic E-state index is 0.144. The number of benzene rings is 1. The van der Waals surface area contributed by atoms with Gasteiger partial charge in [0.05, 0.1) is 15.1 Å². The number of allylic oxidation sites excluding steroid dienone is 3. The maximum Gasteiger partial charge on any atom is 0.271 e. The highest BCUT2D eigenvalue weighted by atomic mass is 32.1. The summed E-state index contributed by atoms with van der Waals surface area (Å²) in [5.41, 5.74) is 1.39. The topological polar surface area (TPSA) is 37.4 Å². The lowest BCUT2D eigenvalue weighted by Gasteiger charge is -2.28. The van der Waals surface area contributed by atoms with Gasteiger partial charge in [-0.3, -0.25) is 14.5 Å². The molecule has 0 fully saturated rings. The number of carbonyl (C=O) groups excluding carboxylic acids is 2. The molecule has 3 aromatic rings. The molecule has 0 N–H and O–H groups in total. The molecule has 182 valence electrons. The Morgan fingerprint density at radius 1 is 1.14 bits per heavy atom. The van der Waals surface area contributed by atoms with Gasteiger partial charge >= 0.3 is 0 Å². The van der Waals surface area contributed by atoms with Crippen LogP contribution in [0.15, 0.2) is 60.0 Å². The van der Waals surface area contributed by atoms with Crippen molar-refractivity contribution in [2.24, 2.45) is 5.92 Å². The molecule has 0 saturated carbocycles. The van der Waals surface area contributed by atoms with Gasteiger partial charge in [-0.05, 0) is 29.7 Å². The Balaban J connectivity index is 2.02. The summed E-state index contributed by atoms with van der Waals surface area (Å²) in [7, 11) is 0. The molecule has 7 heteroatoms. The van der Waals surface area contributed by atoms with Crippen LogP contribution in [0.2, 0.25) is 0 Å². The monoisotopic (exact) mass is 539 g/mol. The van der Waals surface area contributed by atoms with E-state index in [1.807, 2.05) is 25.1 Å². The summed E-state index contributed by atoms with van der Waals surface area (Å²) in [5, 5.41) is 0.900. The maximum atomic E-state index is 13.5. The van der Waals surface area contributed by atoms with E-state index in [-0.39, 0.29) is 29.7 Å². The third kappa shape index (κ3) is 4.48. The van der Waals surface area contributed by atoms with E-state index in [1.54, 1.807) is 17.4 Å². The van der Waals surface area contributed by atoms with Crippen LogP contribution >= 0.6 is 47.9 Å². The van der Waals surface area contributed by atoms with Crippen molar-refractivity contribution < 1.29 is 9.59 Å². The van der Waals surface area contributed by atoms with Gasteiger partial charge in [0.25, 0.3) is 11.8 Å². The zero-order valence-electron chi connectivity index (χ0n) is 20.3. The molecule has 3 nitrogen and oxygen atoms in total. The summed E-state index contributed by atoms with van der Waals surface area (Å²) in [6.45, 7) is 12.4. The van der Waals surface area contributed by atoms with E-state index in [1.165, 1.54) is 21.8 Å². The van der Waals surface area contributed by atoms with Crippen molar-refractivity contribution in [2.75, 3.05) is 6.54 Å². The zero-order chi connectivity index (χ0) is 25.5. The van der Waals surface area contributed by atoms with Crippen LogP contribution in [0.3, 0.4) is 0 Å². The van der Waals surface area contributed by atoms with Crippen molar-refractivity contribution in [3.05, 3.63) is 85.8 Å². The fraction of sp³-hybridized carbons (Fsp3) is 0.286. The number of carbonyl (C=O) groups is 2. The fourth-order valence-electron chi connectivity index (χ4n) is 4.62. The highest BCUT2D eigenvalue weighted by molar-refractivity contribution is 7.91. The molecule has 0 saturated heterocycles. The van der Waals surface area contributed by atoms with Crippen LogP contribution in [0.5, 0.6) is 0 Å². The molecule has 2 atom stereocenters. The van der Waals surface area contributed by atoms with Gasteiger partial charge in [0, 0.05) is 27.1 Å². The molecule has 1 aromatic carbocycles. The Morgan fingerprint density at radius 3 is 2.43 bits per heavy atom. The molecule has 1 unspecified atom stereocenters. The number of amides is 2. The first kappa shape index (κ1) is 26.0. The summed E-state index contributed by atoms with van der Waals surface area (Å²) in [6, 6.07) is 10.4. The number of hydrogen-bond donors (Lipinski definition) is 2. The van der Waals surface area contributed by atoms with E-state index in [4.69, 9.17) is 12.6 Å². The van der Waals surface area contributed by atoms with Gasteiger partial charge in [-0.1, -0.05) is 69.3 Å². The minimum Gasteiger partial charge on any atom is -0.270 e. The lowest BCUT2D eigenvalue weighted by molar-refractivity contribution is 0.0674. The minimum atomic E-state index is -0.326. The van der Waals surface area contributed by atoms with Gasteiger partial charge in [0.15, 0.2) is 0 Å². The normalized spacial score (nSPS) is 17.1. The first-order valence-electron chi connectivity index (χ1n) is 11.5. The number of fused-ring (bicyclic) bond motifs is 3. The second-order valence-corrected chi connectivity index (χ2v) is 12.3. The van der Waals surface area contributed by atoms with Crippen LogP contribution in [0.1, 0.15) is 69.5 Å². The van der Waals surface area contributed by atoms with Crippen molar-refractivity contribution in [2.45, 2.75) is 39.5 Å². The van der Waals surface area contributed by atoms with Crippen LogP contribution in [-0.2, 0) is 5.41 Å². The summed E-state index contributed by atoms with van der Waals surface area (Å²) < 4.78 is 0.964. The molecule has 0 spiro atoms. The number of thiophene rings is 2. The third-order valence-electron chi connectivity index (χ3n) is 6.53. The SMILES string of the molecule is C=CCN1C(=O)c2sc3c(/C(S)=C/[C@H](C)/C=C(/C)S)sc(C(C)(CC)c4ccccc4)c3c2C1=O. The van der Waals surface area contributed by atoms with E-state index in [2.05, 4.69) is 64.3 Å². The van der Waals surface area contributed by atoms with Crippen LogP contribution in [0.4, 0.5) is 0 Å². The summed E-state index contributed by atoms with van der Waals surface area (Å²) in [6.07, 6.45) is 6.61. The van der Waals surface area contributed by atoms with Crippen molar-refractivity contribution >= 4 is 74.7 Å². The third-order valence-corrected chi connectivity index (χ3v) is 10.0. The lowest BCUT2D eigenvalue weighted by Crippen LogP contribution is -2.30. The van der Waals surface area contributed by atoms with E-state index < -0.39 is 0 Å². The maximum absolute atomic E-state index is 13.5. The molecule has 2 aromatic heterocycles. The lowest BCUT2D eigenvalue weighted by atomic mass is 9.77. The zero-order valence-corrected chi connectivity index (χ0v) is 23.7. The van der Waals surface area contributed by atoms with E-state index >= 15 is 0 Å². The molecule has 2 amide bonds. The molecule has 3 heterocycles. The van der Waals surface area contributed by atoms with Crippen LogP contribution in [0.25, 0.3) is 15.0 Å². The summed E-state index contributed by atoms with van der Waals surface area (Å²) >= 11 is 12.4. The smallest absolute Gasteiger partial charge is 0.270 e. The molecular weight excluding hydrogens is 511 g/mol. The summed E-state index contributed by atoms with van der Waals surface area (Å²) in [5.74, 6) is -0.331. The largest absolute Gasteiger partial charge is 0.271 e. The van der Waals surface area contributed by atoms with E-state index in [9.17, 15) is 9.59 Å². The van der Waals surface area contributed by atoms with Crippen LogP contribution < -0.4 is 0 Å². The van der Waals surface area contributed by atoms with Gasteiger partial charge in [-0.15, -0.1) is 54.5 Å². The molecule has 0 radical (unpaired) electrons. The molecule has 4 rings (SSSR count). The average molecular weight is 540 g/mol. The van der Waals surface area contributed by atoms with Crippen molar-refractivity contribution in [1.29, 1.82) is 0 Å². The quantitative estimate of drug-likeness (QED) is 0.172. The van der Waals surface area contributed by atoms with Gasteiger partial charge < -0.3 is 0 Å². The van der Waals surface area contributed by atoms with Crippen molar-refractivity contribution in [3.8, 4) is 0 Å². The first-order chi connectivity index (χ1) is 16.6. The van der Waals surface area contributed by atoms with E-state index in [0.29, 0.717) is 10.4 Å². The highest BCUT2D eigenvalue weighted by Gasteiger charge is 2.43. The van der Waals surface area contributed by atoms with Crippen LogP contribution in [0, 0.1) is 5.92 Å². The molecule has 1 aliphatic heterocycles. The molecule has 0 bridgehead atoms. The number of thiol groups is 2. The Kier molecular flexibility index (Phi) is 7.53. The summed E-state index contributed by atoms with van der Waals surface area (Å²) in [4.78, 5) is 32.3. The Morgan fingerprint density at radius 2 is 1.83 bits per heavy atom. The average Bonchev–Trinajstić information content (AvgIpc) is 3.44. The number of rotatable bonds is 8. The number of imide groups is 1. The fourth-order valence-corrected chi connectivity index (χ4v) is 8.29. The molecular formula is C28H29NO2S4. The molecule has 35 heavy (non-hydrogen) atoms. The van der Waals surface area contributed by atoms with Gasteiger partial charge in [-0.2, -0.15) is 0 Å². The van der Waals surface area contributed by atoms with Gasteiger partial charge in [0.2, 0.25) is 0 Å². The van der Waals surface area contributed by atoms with Crippen molar-refractivity contribution in [1.82, 2.24) is 4.90 Å². The second-order valence-electron chi connectivity index (χ2n) is 9.05. The van der Waals surface area contributed by atoms with Crippen molar-refractivity contribution in [3.63, 3.8) is 0 Å².